The molecule has 0 fully saturated rings. The first-order chi connectivity index (χ1) is 6.58. The number of rotatable bonds is 1. The van der Waals surface area contributed by atoms with Crippen LogP contribution in [0.1, 0.15) is 15.2 Å². The van der Waals surface area contributed by atoms with Crippen LogP contribution in [0.4, 0.5) is 4.39 Å². The van der Waals surface area contributed by atoms with Gasteiger partial charge in [0.15, 0.2) is 0 Å². The molecule has 0 aliphatic carbocycles. The summed E-state index contributed by atoms with van der Waals surface area (Å²) in [5.74, 6) is -1.57. The summed E-state index contributed by atoms with van der Waals surface area (Å²) < 4.78 is 14.0. The zero-order chi connectivity index (χ0) is 10.3. The maximum Gasteiger partial charge on any atom is 0.335 e. The van der Waals surface area contributed by atoms with Gasteiger partial charge in [-0.05, 0) is 25.1 Å². The van der Waals surface area contributed by atoms with Crippen molar-refractivity contribution in [1.82, 2.24) is 0 Å². The molecule has 2 nitrogen and oxygen atoms in total. The fraction of sp³-hybridized carbons (Fsp3) is 0.100. The minimum absolute atomic E-state index is 0.00292. The van der Waals surface area contributed by atoms with Crippen LogP contribution in [0, 0.1) is 12.7 Å². The first-order valence-electron chi connectivity index (χ1n) is 4.01. The predicted octanol–water partition coefficient (Wildman–Crippen LogP) is 3.05. The van der Waals surface area contributed by atoms with Gasteiger partial charge in [-0.3, -0.25) is 0 Å². The van der Waals surface area contributed by atoms with Crippen molar-refractivity contribution >= 4 is 27.4 Å². The van der Waals surface area contributed by atoms with Crippen molar-refractivity contribution in [2.45, 2.75) is 6.92 Å². The van der Waals surface area contributed by atoms with E-state index in [1.807, 2.05) is 6.92 Å². The molecule has 0 bridgehead atoms. The molecule has 0 saturated heterocycles. The predicted molar refractivity (Wildman–Crippen MR) is 53.5 cm³/mol. The number of carboxylic acid groups (broad SMARTS) is 1. The van der Waals surface area contributed by atoms with Gasteiger partial charge < -0.3 is 5.11 Å². The van der Waals surface area contributed by atoms with Crippen LogP contribution >= 0.6 is 11.3 Å². The van der Waals surface area contributed by atoms with Crippen LogP contribution < -0.4 is 0 Å². The van der Waals surface area contributed by atoms with Gasteiger partial charge in [0, 0.05) is 15.0 Å². The van der Waals surface area contributed by atoms with Gasteiger partial charge in [-0.15, -0.1) is 11.3 Å². The van der Waals surface area contributed by atoms with Gasteiger partial charge in [0.05, 0.1) is 5.56 Å². The second-order valence-corrected chi connectivity index (χ2v) is 4.32. The van der Waals surface area contributed by atoms with Gasteiger partial charge in [-0.2, -0.15) is 0 Å². The van der Waals surface area contributed by atoms with E-state index in [4.69, 9.17) is 5.11 Å². The Labute approximate surface area is 83.6 Å². The Morgan fingerprint density at radius 3 is 2.79 bits per heavy atom. The molecule has 1 aromatic heterocycles. The molecule has 0 amide bonds. The number of carboxylic acids is 1. The van der Waals surface area contributed by atoms with Crippen LogP contribution in [0.2, 0.25) is 0 Å². The maximum atomic E-state index is 13.4. The number of aryl methyl sites for hydroxylation is 1. The van der Waals surface area contributed by atoms with E-state index in [2.05, 4.69) is 0 Å². The summed E-state index contributed by atoms with van der Waals surface area (Å²) in [6.07, 6.45) is 0. The standard InChI is InChI=1S/C10H7FO2S/c1-5-2-7-8(11)3-6(10(12)13)4-9(7)14-5/h2-4H,1H3,(H,12,13). The molecule has 72 valence electrons. The molecule has 1 aromatic carbocycles. The summed E-state index contributed by atoms with van der Waals surface area (Å²) in [5.41, 5.74) is -0.00292. The summed E-state index contributed by atoms with van der Waals surface area (Å²) in [6.45, 7) is 1.87. The molecular formula is C10H7FO2S. The molecule has 2 aromatic rings. The molecule has 0 saturated carbocycles. The van der Waals surface area contributed by atoms with E-state index in [1.165, 1.54) is 17.4 Å². The fourth-order valence-corrected chi connectivity index (χ4v) is 2.32. The van der Waals surface area contributed by atoms with Crippen molar-refractivity contribution in [2.75, 3.05) is 0 Å². The van der Waals surface area contributed by atoms with Crippen LogP contribution in [0.25, 0.3) is 10.1 Å². The SMILES string of the molecule is Cc1cc2c(F)cc(C(=O)O)cc2s1. The average molecular weight is 210 g/mol. The minimum Gasteiger partial charge on any atom is -0.478 e. The topological polar surface area (TPSA) is 37.3 Å². The first-order valence-corrected chi connectivity index (χ1v) is 4.82. The zero-order valence-corrected chi connectivity index (χ0v) is 8.19. The molecule has 1 heterocycles. The number of carbonyl (C=O) groups is 1. The Morgan fingerprint density at radius 2 is 2.14 bits per heavy atom. The minimum atomic E-state index is -1.10. The lowest BCUT2D eigenvalue weighted by Crippen LogP contribution is -1.96. The Hall–Kier alpha value is -1.42. The van der Waals surface area contributed by atoms with E-state index >= 15 is 0 Å². The lowest BCUT2D eigenvalue weighted by molar-refractivity contribution is 0.0696. The lowest BCUT2D eigenvalue weighted by atomic mass is 10.1. The molecule has 2 rings (SSSR count). The third kappa shape index (κ3) is 1.37. The number of hydrogen-bond donors (Lipinski definition) is 1. The smallest absolute Gasteiger partial charge is 0.335 e. The molecule has 4 heteroatoms. The van der Waals surface area contributed by atoms with Gasteiger partial charge in [-0.25, -0.2) is 9.18 Å². The largest absolute Gasteiger partial charge is 0.478 e. The maximum absolute atomic E-state index is 13.4. The first kappa shape index (κ1) is 9.15. The Kier molecular flexibility index (Phi) is 2.00. The van der Waals surface area contributed by atoms with Crippen LogP contribution in [0.15, 0.2) is 18.2 Å². The van der Waals surface area contributed by atoms with E-state index in [-0.39, 0.29) is 5.56 Å². The van der Waals surface area contributed by atoms with Gasteiger partial charge in [0.1, 0.15) is 5.82 Å². The summed E-state index contributed by atoms with van der Waals surface area (Å²) in [4.78, 5) is 11.6. The zero-order valence-electron chi connectivity index (χ0n) is 7.37. The van der Waals surface area contributed by atoms with Crippen LogP contribution in [-0.2, 0) is 0 Å². The van der Waals surface area contributed by atoms with Crippen molar-refractivity contribution in [3.05, 3.63) is 34.5 Å². The van der Waals surface area contributed by atoms with Crippen molar-refractivity contribution in [1.29, 1.82) is 0 Å². The van der Waals surface area contributed by atoms with Gasteiger partial charge >= 0.3 is 5.97 Å². The van der Waals surface area contributed by atoms with E-state index in [1.54, 1.807) is 6.07 Å². The quantitative estimate of drug-likeness (QED) is 0.785. The number of benzene rings is 1. The third-order valence-corrected chi connectivity index (χ3v) is 2.95. The highest BCUT2D eigenvalue weighted by atomic mass is 32.1. The Morgan fingerprint density at radius 1 is 1.43 bits per heavy atom. The van der Waals surface area contributed by atoms with Crippen LogP contribution in [0.3, 0.4) is 0 Å². The molecule has 1 N–H and O–H groups in total. The second kappa shape index (κ2) is 3.06. The van der Waals surface area contributed by atoms with Gasteiger partial charge in [-0.1, -0.05) is 0 Å². The number of halogens is 1. The molecule has 14 heavy (non-hydrogen) atoms. The third-order valence-electron chi connectivity index (χ3n) is 1.96. The number of hydrogen-bond acceptors (Lipinski definition) is 2. The highest BCUT2D eigenvalue weighted by Crippen LogP contribution is 2.28. The fourth-order valence-electron chi connectivity index (χ4n) is 1.35. The highest BCUT2D eigenvalue weighted by molar-refractivity contribution is 7.19. The van der Waals surface area contributed by atoms with E-state index in [0.29, 0.717) is 10.1 Å². The lowest BCUT2D eigenvalue weighted by Gasteiger charge is -1.96. The highest BCUT2D eigenvalue weighted by Gasteiger charge is 2.10. The molecular weight excluding hydrogens is 203 g/mol. The van der Waals surface area contributed by atoms with Crippen molar-refractivity contribution in [3.63, 3.8) is 0 Å². The number of fused-ring (bicyclic) bond motifs is 1. The van der Waals surface area contributed by atoms with Crippen LogP contribution in [-0.4, -0.2) is 11.1 Å². The summed E-state index contributed by atoms with van der Waals surface area (Å²) in [6, 6.07) is 4.27. The summed E-state index contributed by atoms with van der Waals surface area (Å²) >= 11 is 1.39. The number of thiophene rings is 1. The molecule has 0 aliphatic heterocycles. The van der Waals surface area contributed by atoms with E-state index < -0.39 is 11.8 Å². The monoisotopic (exact) mass is 210 g/mol. The Balaban J connectivity index is 2.77. The molecule has 0 radical (unpaired) electrons. The summed E-state index contributed by atoms with van der Waals surface area (Å²) in [7, 11) is 0. The molecule has 0 atom stereocenters. The summed E-state index contributed by atoms with van der Waals surface area (Å²) in [5, 5.41) is 9.21. The van der Waals surface area contributed by atoms with Gasteiger partial charge in [0.25, 0.3) is 0 Å². The van der Waals surface area contributed by atoms with Gasteiger partial charge in [0.2, 0.25) is 0 Å². The molecule has 0 unspecified atom stereocenters. The van der Waals surface area contributed by atoms with E-state index in [9.17, 15) is 9.18 Å². The van der Waals surface area contributed by atoms with E-state index in [0.717, 1.165) is 10.9 Å². The van der Waals surface area contributed by atoms with Crippen molar-refractivity contribution < 1.29 is 14.3 Å². The molecule has 0 aliphatic rings. The van der Waals surface area contributed by atoms with Crippen LogP contribution in [0.5, 0.6) is 0 Å². The molecule has 0 spiro atoms. The normalized spacial score (nSPS) is 10.7. The van der Waals surface area contributed by atoms with Crippen molar-refractivity contribution in [2.24, 2.45) is 0 Å². The average Bonchev–Trinajstić information content (AvgIpc) is 2.45. The number of aromatic carboxylic acids is 1. The second-order valence-electron chi connectivity index (χ2n) is 3.03. The Bertz CT molecular complexity index is 516. The van der Waals surface area contributed by atoms with Crippen molar-refractivity contribution in [3.8, 4) is 0 Å².